The summed E-state index contributed by atoms with van der Waals surface area (Å²) in [5, 5.41) is 0. The van der Waals surface area contributed by atoms with Gasteiger partial charge < -0.3 is 17.7 Å². The van der Waals surface area contributed by atoms with Crippen LogP contribution in [0.15, 0.2) is 12.2 Å². The summed E-state index contributed by atoms with van der Waals surface area (Å²) in [4.78, 5) is 23.9. The first kappa shape index (κ1) is 22.5. The van der Waals surface area contributed by atoms with Gasteiger partial charge in [-0.05, 0) is 12.8 Å². The first-order chi connectivity index (χ1) is 11.0. The Morgan fingerprint density at radius 3 is 1.87 bits per heavy atom. The zero-order valence-corrected chi connectivity index (χ0v) is 20.4. The minimum absolute atomic E-state index is 0.127. The third-order valence-electron chi connectivity index (χ3n) is 3.14. The molecule has 0 bridgehead atoms. The molecular weight excluding hydrogens is 364 g/mol. The van der Waals surface area contributed by atoms with E-state index in [1.807, 2.05) is 13.8 Å². The van der Waals surface area contributed by atoms with Gasteiger partial charge in [-0.2, -0.15) is 0 Å². The molecule has 0 saturated carbocycles. The fourth-order valence-electron chi connectivity index (χ4n) is 1.68. The van der Waals surface area contributed by atoms with Crippen LogP contribution in [0, 0.1) is 0 Å². The van der Waals surface area contributed by atoms with Gasteiger partial charge in [0.1, 0.15) is 31.0 Å². The topological polar surface area (TPSA) is 71.1 Å². The van der Waals surface area contributed by atoms with Crippen molar-refractivity contribution >= 4 is 51.0 Å². The normalized spacial score (nSPS) is 15.3. The van der Waals surface area contributed by atoms with E-state index in [0.717, 1.165) is 12.8 Å². The molecule has 0 rings (SSSR count). The number of carbonyl (C=O) groups excluding carboxylic acids is 2. The van der Waals surface area contributed by atoms with Gasteiger partial charge in [0.2, 0.25) is 0 Å². The van der Waals surface area contributed by atoms with Crippen LogP contribution in [0.4, 0.5) is 0 Å². The van der Waals surface area contributed by atoms with Crippen LogP contribution < -0.4 is 0 Å². The molecule has 0 aliphatic carbocycles. The maximum Gasteiger partial charge on any atom is 0.334 e. The number of ether oxygens (including phenoxy) is 2. The van der Waals surface area contributed by atoms with Gasteiger partial charge >= 0.3 is 11.9 Å². The van der Waals surface area contributed by atoms with E-state index in [4.69, 9.17) is 17.7 Å². The third-order valence-corrected chi connectivity index (χ3v) is 10.5. The van der Waals surface area contributed by atoms with E-state index in [1.165, 1.54) is 0 Å². The Kier molecular flexibility index (Phi) is 13.5. The minimum atomic E-state index is -0.854. The number of hydrogen-bond donors (Lipinski definition) is 0. The molecule has 0 amide bonds. The van der Waals surface area contributed by atoms with Crippen molar-refractivity contribution < 1.29 is 27.3 Å². The summed E-state index contributed by atoms with van der Waals surface area (Å²) in [6.07, 6.45) is 1.34. The van der Waals surface area contributed by atoms with E-state index in [9.17, 15) is 9.59 Å². The van der Waals surface area contributed by atoms with E-state index >= 15 is 0 Å². The highest BCUT2D eigenvalue weighted by atomic mass is 28.3. The Balaban J connectivity index is 4.28. The molecule has 10 heteroatoms. The summed E-state index contributed by atoms with van der Waals surface area (Å²) in [6.45, 7) is 11.7. The number of hydrogen-bond acceptors (Lipinski definition) is 6. The molecule has 6 nitrogen and oxygen atoms in total. The maximum absolute atomic E-state index is 12.0. The molecule has 2 atom stereocenters. The SMILES string of the molecule is C=C(CC(=O)OC(CC)[SiH2]O[SiH2]C)C(=O)OC(CC)[SiH2]O[SiH2]C. The Morgan fingerprint density at radius 1 is 0.957 bits per heavy atom. The highest BCUT2D eigenvalue weighted by molar-refractivity contribution is 6.43. The largest absolute Gasteiger partial charge is 0.464 e. The number of esters is 2. The highest BCUT2D eigenvalue weighted by Gasteiger charge is 2.20. The summed E-state index contributed by atoms with van der Waals surface area (Å²) in [6, 6.07) is 0. The second kappa shape index (κ2) is 13.9. The van der Waals surface area contributed by atoms with Crippen LogP contribution in [-0.4, -0.2) is 62.4 Å². The Bertz CT molecular complexity index is 379. The molecule has 0 aliphatic rings. The minimum Gasteiger partial charge on any atom is -0.464 e. The Hall–Kier alpha value is -0.532. The molecule has 0 aliphatic heterocycles. The molecule has 0 aromatic carbocycles. The van der Waals surface area contributed by atoms with E-state index in [0.29, 0.717) is 0 Å². The quantitative estimate of drug-likeness (QED) is 0.226. The lowest BCUT2D eigenvalue weighted by Gasteiger charge is -2.18. The van der Waals surface area contributed by atoms with Gasteiger partial charge in [0, 0.05) is 5.57 Å². The summed E-state index contributed by atoms with van der Waals surface area (Å²) < 4.78 is 21.8. The monoisotopic (exact) mass is 394 g/mol. The predicted molar refractivity (Wildman–Crippen MR) is 102 cm³/mol. The molecule has 23 heavy (non-hydrogen) atoms. The van der Waals surface area contributed by atoms with Crippen molar-refractivity contribution in [2.24, 2.45) is 0 Å². The van der Waals surface area contributed by atoms with E-state index in [2.05, 4.69) is 19.7 Å². The zero-order valence-electron chi connectivity index (χ0n) is 14.8. The molecule has 0 aromatic heterocycles. The van der Waals surface area contributed by atoms with Gasteiger partial charge in [0.15, 0.2) is 19.5 Å². The maximum atomic E-state index is 12.0. The average molecular weight is 395 g/mol. The van der Waals surface area contributed by atoms with Crippen LogP contribution in [0.1, 0.15) is 33.1 Å². The van der Waals surface area contributed by atoms with Crippen LogP contribution in [0.3, 0.4) is 0 Å². The van der Waals surface area contributed by atoms with Gasteiger partial charge in [0.25, 0.3) is 0 Å². The van der Waals surface area contributed by atoms with Crippen LogP contribution >= 0.6 is 0 Å². The van der Waals surface area contributed by atoms with Gasteiger partial charge in [-0.25, -0.2) is 4.79 Å². The van der Waals surface area contributed by atoms with Crippen molar-refractivity contribution in [3.8, 4) is 0 Å². The molecule has 0 heterocycles. The van der Waals surface area contributed by atoms with Crippen LogP contribution in [0.25, 0.3) is 0 Å². The molecule has 0 N–H and O–H groups in total. The third kappa shape index (κ3) is 10.8. The molecule has 134 valence electrons. The zero-order chi connectivity index (χ0) is 17.7. The van der Waals surface area contributed by atoms with Gasteiger partial charge in [0.05, 0.1) is 6.42 Å². The lowest BCUT2D eigenvalue weighted by molar-refractivity contribution is -0.148. The average Bonchev–Trinajstić information content (AvgIpc) is 2.54. The molecule has 0 radical (unpaired) electrons. The summed E-state index contributed by atoms with van der Waals surface area (Å²) >= 11 is 0. The number of carbonyl (C=O) groups is 2. The Morgan fingerprint density at radius 2 is 1.43 bits per heavy atom. The summed E-state index contributed by atoms with van der Waals surface area (Å²) in [5.74, 6) is -0.958. The van der Waals surface area contributed by atoms with Crippen LogP contribution in [-0.2, 0) is 27.3 Å². The molecule has 0 aromatic rings. The highest BCUT2D eigenvalue weighted by Crippen LogP contribution is 2.09. The van der Waals surface area contributed by atoms with E-state index in [1.54, 1.807) is 0 Å². The van der Waals surface area contributed by atoms with Gasteiger partial charge in [-0.1, -0.05) is 33.5 Å². The van der Waals surface area contributed by atoms with Crippen molar-refractivity contribution in [3.63, 3.8) is 0 Å². The van der Waals surface area contributed by atoms with Crippen molar-refractivity contribution in [1.29, 1.82) is 0 Å². The van der Waals surface area contributed by atoms with Crippen molar-refractivity contribution in [2.75, 3.05) is 0 Å². The second-order valence-electron chi connectivity index (χ2n) is 5.05. The molecular formula is C13H30O6Si4. The van der Waals surface area contributed by atoms with Crippen LogP contribution in [0.2, 0.25) is 13.1 Å². The lowest BCUT2D eigenvalue weighted by Crippen LogP contribution is -2.29. The second-order valence-corrected chi connectivity index (χ2v) is 12.0. The summed E-state index contributed by atoms with van der Waals surface area (Å²) in [7, 11) is -2.61. The standard InChI is InChI=1S/C13H30O6Si4/c1-6-11(22-18-20-4)16-10(14)8-9(3)13(15)17-12(7-2)23-19-21-5/h11-12H,3,6-8,20-23H2,1-2,4-5H3. The fraction of sp³-hybridized carbons (Fsp3) is 0.692. The molecule has 0 saturated heterocycles. The lowest BCUT2D eigenvalue weighted by atomic mass is 10.2. The van der Waals surface area contributed by atoms with E-state index < -0.39 is 51.0 Å². The smallest absolute Gasteiger partial charge is 0.334 e. The molecule has 0 spiro atoms. The van der Waals surface area contributed by atoms with Crippen LogP contribution in [0.5, 0.6) is 0 Å². The fourth-order valence-corrected chi connectivity index (χ4v) is 6.61. The number of rotatable bonds is 13. The van der Waals surface area contributed by atoms with Gasteiger partial charge in [-0.3, -0.25) is 4.79 Å². The predicted octanol–water partition coefficient (Wildman–Crippen LogP) is -1.04. The molecule has 0 fully saturated rings. The van der Waals surface area contributed by atoms with Gasteiger partial charge in [-0.15, -0.1) is 0 Å². The van der Waals surface area contributed by atoms with Crippen molar-refractivity contribution in [2.45, 2.75) is 57.7 Å². The van der Waals surface area contributed by atoms with Crippen molar-refractivity contribution in [3.05, 3.63) is 12.2 Å². The summed E-state index contributed by atoms with van der Waals surface area (Å²) in [5.41, 5.74) is -0.141. The first-order valence-corrected chi connectivity index (χ1v) is 15.0. The van der Waals surface area contributed by atoms with Crippen molar-refractivity contribution in [1.82, 2.24) is 0 Å². The molecule has 2 unspecified atom stereocenters. The Labute approximate surface area is 148 Å². The first-order valence-electron chi connectivity index (χ1n) is 8.21. The van der Waals surface area contributed by atoms with E-state index in [-0.39, 0.29) is 23.4 Å².